The monoisotopic (exact) mass is 277 g/mol. The topological polar surface area (TPSA) is 41.3 Å². The number of hydrogen-bond acceptors (Lipinski definition) is 3. The summed E-state index contributed by atoms with van der Waals surface area (Å²) < 4.78 is 26.8. The third-order valence-corrected chi connectivity index (χ3v) is 3.18. The number of anilines is 1. The second-order valence-electron chi connectivity index (χ2n) is 4.75. The highest BCUT2D eigenvalue weighted by Gasteiger charge is 2.17. The van der Waals surface area contributed by atoms with E-state index >= 15 is 0 Å². The van der Waals surface area contributed by atoms with Crippen molar-refractivity contribution < 1.29 is 8.78 Å². The fraction of sp³-hybridized carbons (Fsp3) is 0.200. The molecule has 0 spiro atoms. The first-order valence-corrected chi connectivity index (χ1v) is 6.21. The van der Waals surface area contributed by atoms with Gasteiger partial charge >= 0.3 is 0 Å². The van der Waals surface area contributed by atoms with E-state index in [-0.39, 0.29) is 0 Å². The van der Waals surface area contributed by atoms with Crippen LogP contribution in [-0.4, -0.2) is 14.1 Å². The molecule has 3 nitrogen and oxygen atoms in total. The molecule has 0 saturated carbocycles. The van der Waals surface area contributed by atoms with Crippen LogP contribution in [0, 0.1) is 11.6 Å². The molecule has 0 aromatic heterocycles. The molecule has 2 rings (SSSR count). The fourth-order valence-electron chi connectivity index (χ4n) is 2.07. The summed E-state index contributed by atoms with van der Waals surface area (Å²) in [5, 5.41) is 0. The molecule has 0 radical (unpaired) electrons. The molecular weight excluding hydrogens is 260 g/mol. The van der Waals surface area contributed by atoms with E-state index in [4.69, 9.17) is 5.84 Å². The normalized spacial score (nSPS) is 12.2. The smallest absolute Gasteiger partial charge is 0.131 e. The third kappa shape index (κ3) is 2.95. The molecule has 0 fully saturated rings. The number of nitrogens with one attached hydrogen (secondary N) is 1. The average Bonchev–Trinajstić information content (AvgIpc) is 2.42. The van der Waals surface area contributed by atoms with Crippen LogP contribution in [0.2, 0.25) is 0 Å². The number of benzene rings is 2. The van der Waals surface area contributed by atoms with Crippen LogP contribution in [0.25, 0.3) is 0 Å². The highest BCUT2D eigenvalue weighted by molar-refractivity contribution is 5.47. The molecular formula is C15H17F2N3. The molecule has 2 aromatic rings. The van der Waals surface area contributed by atoms with Crippen LogP contribution < -0.4 is 16.2 Å². The van der Waals surface area contributed by atoms with E-state index in [1.165, 1.54) is 12.1 Å². The summed E-state index contributed by atoms with van der Waals surface area (Å²) in [6.45, 7) is 0. The number of hydrogen-bond donors (Lipinski definition) is 2. The summed E-state index contributed by atoms with van der Waals surface area (Å²) in [7, 11) is 3.88. The largest absolute Gasteiger partial charge is 0.378 e. The molecule has 0 saturated heterocycles. The predicted molar refractivity (Wildman–Crippen MR) is 76.3 cm³/mol. The van der Waals surface area contributed by atoms with Crippen molar-refractivity contribution in [1.29, 1.82) is 0 Å². The number of rotatable bonds is 4. The Morgan fingerprint density at radius 2 is 1.70 bits per heavy atom. The average molecular weight is 277 g/mol. The first kappa shape index (κ1) is 14.4. The molecule has 1 unspecified atom stereocenters. The zero-order valence-corrected chi connectivity index (χ0v) is 11.4. The minimum absolute atomic E-state index is 0.312. The fourth-order valence-corrected chi connectivity index (χ4v) is 2.07. The lowest BCUT2D eigenvalue weighted by Gasteiger charge is -2.19. The van der Waals surface area contributed by atoms with Crippen molar-refractivity contribution in [2.45, 2.75) is 6.04 Å². The SMILES string of the molecule is CN(C)c1ccc(C(NN)c2ccc(F)cc2F)cc1. The van der Waals surface area contributed by atoms with Crippen LogP contribution >= 0.6 is 0 Å². The van der Waals surface area contributed by atoms with Crippen LogP contribution in [0.5, 0.6) is 0 Å². The Hall–Kier alpha value is -1.98. The maximum absolute atomic E-state index is 13.8. The van der Waals surface area contributed by atoms with Gasteiger partial charge in [0.05, 0.1) is 6.04 Å². The molecule has 1 atom stereocenters. The van der Waals surface area contributed by atoms with E-state index in [0.717, 1.165) is 17.3 Å². The van der Waals surface area contributed by atoms with Crippen LogP contribution in [0.3, 0.4) is 0 Å². The van der Waals surface area contributed by atoms with Crippen molar-refractivity contribution in [1.82, 2.24) is 5.43 Å². The summed E-state index contributed by atoms with van der Waals surface area (Å²) >= 11 is 0. The van der Waals surface area contributed by atoms with Crippen LogP contribution in [0.4, 0.5) is 14.5 Å². The molecule has 0 aliphatic rings. The second kappa shape index (κ2) is 5.98. The number of nitrogens with two attached hydrogens (primary N) is 1. The lowest BCUT2D eigenvalue weighted by Crippen LogP contribution is -2.29. The van der Waals surface area contributed by atoms with E-state index in [1.54, 1.807) is 0 Å². The molecule has 5 heteroatoms. The molecule has 0 aliphatic carbocycles. The van der Waals surface area contributed by atoms with Gasteiger partial charge in [-0.15, -0.1) is 0 Å². The van der Waals surface area contributed by atoms with Crippen molar-refractivity contribution in [3.8, 4) is 0 Å². The summed E-state index contributed by atoms with van der Waals surface area (Å²) in [6, 6.07) is 10.5. The first-order valence-electron chi connectivity index (χ1n) is 6.21. The van der Waals surface area contributed by atoms with Gasteiger partial charge in [-0.25, -0.2) is 14.2 Å². The van der Waals surface area contributed by atoms with E-state index in [0.29, 0.717) is 5.56 Å². The second-order valence-corrected chi connectivity index (χ2v) is 4.75. The molecule has 0 amide bonds. The predicted octanol–water partition coefficient (Wildman–Crippen LogP) is 2.58. The van der Waals surface area contributed by atoms with E-state index < -0.39 is 17.7 Å². The van der Waals surface area contributed by atoms with Gasteiger partial charge in [0.15, 0.2) is 0 Å². The Kier molecular flexibility index (Phi) is 4.32. The van der Waals surface area contributed by atoms with Gasteiger partial charge in [0, 0.05) is 31.4 Å². The summed E-state index contributed by atoms with van der Waals surface area (Å²) in [5.74, 6) is 4.29. The molecule has 2 aromatic carbocycles. The Morgan fingerprint density at radius 1 is 1.05 bits per heavy atom. The van der Waals surface area contributed by atoms with E-state index in [2.05, 4.69) is 5.43 Å². The molecule has 0 aliphatic heterocycles. The van der Waals surface area contributed by atoms with Gasteiger partial charge in [0.1, 0.15) is 11.6 Å². The van der Waals surface area contributed by atoms with Gasteiger partial charge in [0.2, 0.25) is 0 Å². The zero-order chi connectivity index (χ0) is 14.7. The Bertz CT molecular complexity index is 582. The van der Waals surface area contributed by atoms with E-state index in [9.17, 15) is 8.78 Å². The van der Waals surface area contributed by atoms with Gasteiger partial charge in [0.25, 0.3) is 0 Å². The molecule has 20 heavy (non-hydrogen) atoms. The maximum atomic E-state index is 13.8. The molecule has 0 bridgehead atoms. The van der Waals surface area contributed by atoms with Gasteiger partial charge in [-0.2, -0.15) is 0 Å². The number of hydrazine groups is 1. The Labute approximate surface area is 117 Å². The highest BCUT2D eigenvalue weighted by Crippen LogP contribution is 2.25. The quantitative estimate of drug-likeness (QED) is 0.666. The molecule has 0 heterocycles. The lowest BCUT2D eigenvalue weighted by atomic mass is 9.98. The number of nitrogens with zero attached hydrogens (tertiary/aromatic N) is 1. The summed E-state index contributed by atoms with van der Waals surface area (Å²) in [5.41, 5.74) is 4.72. The standard InChI is InChI=1S/C15H17F2N3/c1-20(2)12-6-3-10(4-7-12)15(19-18)13-8-5-11(16)9-14(13)17/h3-9,15,19H,18H2,1-2H3. The zero-order valence-electron chi connectivity index (χ0n) is 11.4. The van der Waals surface area contributed by atoms with Gasteiger partial charge in [-0.3, -0.25) is 5.84 Å². The van der Waals surface area contributed by atoms with Crippen LogP contribution in [-0.2, 0) is 0 Å². The maximum Gasteiger partial charge on any atom is 0.131 e. The summed E-state index contributed by atoms with van der Waals surface area (Å²) in [4.78, 5) is 1.97. The van der Waals surface area contributed by atoms with Gasteiger partial charge in [-0.05, 0) is 23.8 Å². The van der Waals surface area contributed by atoms with Crippen LogP contribution in [0.15, 0.2) is 42.5 Å². The highest BCUT2D eigenvalue weighted by atomic mass is 19.1. The third-order valence-electron chi connectivity index (χ3n) is 3.18. The van der Waals surface area contributed by atoms with Crippen molar-refractivity contribution in [2.75, 3.05) is 19.0 Å². The Balaban J connectivity index is 2.36. The van der Waals surface area contributed by atoms with Crippen molar-refractivity contribution in [3.63, 3.8) is 0 Å². The summed E-state index contributed by atoms with van der Waals surface area (Å²) in [6.07, 6.45) is 0. The molecule has 3 N–H and O–H groups in total. The van der Waals surface area contributed by atoms with Gasteiger partial charge in [-0.1, -0.05) is 18.2 Å². The van der Waals surface area contributed by atoms with E-state index in [1.807, 2.05) is 43.3 Å². The number of halogens is 2. The van der Waals surface area contributed by atoms with Gasteiger partial charge < -0.3 is 4.90 Å². The van der Waals surface area contributed by atoms with Crippen LogP contribution in [0.1, 0.15) is 17.2 Å². The lowest BCUT2D eigenvalue weighted by molar-refractivity contribution is 0.541. The molecule has 106 valence electrons. The van der Waals surface area contributed by atoms with Crippen molar-refractivity contribution in [2.24, 2.45) is 5.84 Å². The first-order chi connectivity index (χ1) is 9.52. The minimum Gasteiger partial charge on any atom is -0.378 e. The Morgan fingerprint density at radius 3 is 2.20 bits per heavy atom. The minimum atomic E-state index is -0.621. The van der Waals surface area contributed by atoms with Crippen molar-refractivity contribution in [3.05, 3.63) is 65.2 Å². The van der Waals surface area contributed by atoms with Crippen molar-refractivity contribution >= 4 is 5.69 Å².